The standard InChI is InChI=1S/C11H7ClN2/c1-7-2-3-8-5-9(6-13)11(12)14-10(8)4-7/h2-5H,1H3. The number of halogens is 1. The summed E-state index contributed by atoms with van der Waals surface area (Å²) in [6.07, 6.45) is 0. The van der Waals surface area contributed by atoms with Crippen LogP contribution in [0.1, 0.15) is 11.1 Å². The van der Waals surface area contributed by atoms with Gasteiger partial charge in [-0.1, -0.05) is 23.7 Å². The number of fused-ring (bicyclic) bond motifs is 1. The first kappa shape index (κ1) is 8.98. The first-order valence-electron chi connectivity index (χ1n) is 4.18. The number of pyridine rings is 1. The lowest BCUT2D eigenvalue weighted by Gasteiger charge is -2.00. The molecule has 68 valence electrons. The van der Waals surface area contributed by atoms with Crippen molar-refractivity contribution in [2.45, 2.75) is 6.92 Å². The number of nitrogens with zero attached hydrogens (tertiary/aromatic N) is 2. The highest BCUT2D eigenvalue weighted by Gasteiger charge is 2.03. The highest BCUT2D eigenvalue weighted by molar-refractivity contribution is 6.31. The Balaban J connectivity index is 2.81. The molecule has 1 aromatic carbocycles. The summed E-state index contributed by atoms with van der Waals surface area (Å²) >= 11 is 5.82. The average molecular weight is 203 g/mol. The zero-order valence-electron chi connectivity index (χ0n) is 7.58. The van der Waals surface area contributed by atoms with Crippen LogP contribution in [0.3, 0.4) is 0 Å². The molecule has 0 radical (unpaired) electrons. The number of hydrogen-bond donors (Lipinski definition) is 0. The molecule has 0 unspecified atom stereocenters. The fourth-order valence-corrected chi connectivity index (χ4v) is 1.52. The molecule has 0 fully saturated rings. The Bertz CT molecular complexity index is 541. The molecule has 0 aliphatic rings. The molecule has 2 aromatic rings. The van der Waals surface area contributed by atoms with Crippen LogP contribution in [0.15, 0.2) is 24.3 Å². The summed E-state index contributed by atoms with van der Waals surface area (Å²) < 4.78 is 0. The Kier molecular flexibility index (Phi) is 2.11. The van der Waals surface area contributed by atoms with E-state index in [4.69, 9.17) is 16.9 Å². The molecule has 0 spiro atoms. The molecule has 0 N–H and O–H groups in total. The third-order valence-electron chi connectivity index (χ3n) is 2.05. The topological polar surface area (TPSA) is 36.7 Å². The van der Waals surface area contributed by atoms with Gasteiger partial charge >= 0.3 is 0 Å². The molecule has 0 saturated heterocycles. The second-order valence-corrected chi connectivity index (χ2v) is 3.49. The van der Waals surface area contributed by atoms with Crippen molar-refractivity contribution in [1.29, 1.82) is 5.26 Å². The van der Waals surface area contributed by atoms with Crippen molar-refractivity contribution in [3.05, 3.63) is 40.5 Å². The van der Waals surface area contributed by atoms with E-state index in [1.165, 1.54) is 0 Å². The first-order chi connectivity index (χ1) is 6.70. The van der Waals surface area contributed by atoms with Crippen molar-refractivity contribution in [2.24, 2.45) is 0 Å². The van der Waals surface area contributed by atoms with Gasteiger partial charge in [0.05, 0.1) is 11.1 Å². The van der Waals surface area contributed by atoms with Crippen molar-refractivity contribution in [1.82, 2.24) is 4.98 Å². The summed E-state index contributed by atoms with van der Waals surface area (Å²) in [5.41, 5.74) is 2.38. The van der Waals surface area contributed by atoms with Crippen molar-refractivity contribution in [2.75, 3.05) is 0 Å². The van der Waals surface area contributed by atoms with Gasteiger partial charge in [-0.3, -0.25) is 0 Å². The van der Waals surface area contributed by atoms with Crippen LogP contribution in [-0.4, -0.2) is 4.98 Å². The lowest BCUT2D eigenvalue weighted by molar-refractivity contribution is 1.36. The van der Waals surface area contributed by atoms with Gasteiger partial charge in [-0.25, -0.2) is 4.98 Å². The third kappa shape index (κ3) is 1.43. The molecular weight excluding hydrogens is 196 g/mol. The van der Waals surface area contributed by atoms with Crippen molar-refractivity contribution in [3.8, 4) is 6.07 Å². The minimum atomic E-state index is 0.269. The summed E-state index contributed by atoms with van der Waals surface area (Å²) in [7, 11) is 0. The molecule has 2 rings (SSSR count). The van der Waals surface area contributed by atoms with Crippen LogP contribution in [0.5, 0.6) is 0 Å². The first-order valence-corrected chi connectivity index (χ1v) is 4.55. The smallest absolute Gasteiger partial charge is 0.147 e. The summed E-state index contributed by atoms with van der Waals surface area (Å²) in [6.45, 7) is 1.99. The summed E-state index contributed by atoms with van der Waals surface area (Å²) in [5, 5.41) is 9.97. The van der Waals surface area contributed by atoms with Gasteiger partial charge in [-0.15, -0.1) is 0 Å². The van der Waals surface area contributed by atoms with E-state index in [1.807, 2.05) is 31.2 Å². The number of nitriles is 1. The molecule has 0 atom stereocenters. The van der Waals surface area contributed by atoms with E-state index in [9.17, 15) is 0 Å². The van der Waals surface area contributed by atoms with E-state index in [0.29, 0.717) is 5.56 Å². The highest BCUT2D eigenvalue weighted by atomic mass is 35.5. The average Bonchev–Trinajstić information content (AvgIpc) is 2.16. The number of hydrogen-bond acceptors (Lipinski definition) is 2. The van der Waals surface area contributed by atoms with E-state index >= 15 is 0 Å². The fraction of sp³-hybridized carbons (Fsp3) is 0.0909. The maximum absolute atomic E-state index is 8.76. The van der Waals surface area contributed by atoms with E-state index in [-0.39, 0.29) is 5.15 Å². The zero-order chi connectivity index (χ0) is 10.1. The lowest BCUT2D eigenvalue weighted by atomic mass is 10.1. The van der Waals surface area contributed by atoms with Crippen LogP contribution in [0.4, 0.5) is 0 Å². The van der Waals surface area contributed by atoms with E-state index in [2.05, 4.69) is 4.98 Å². The second-order valence-electron chi connectivity index (χ2n) is 3.13. The monoisotopic (exact) mass is 202 g/mol. The Morgan fingerprint density at radius 1 is 1.36 bits per heavy atom. The Hall–Kier alpha value is -1.59. The van der Waals surface area contributed by atoms with E-state index in [0.717, 1.165) is 16.5 Å². The van der Waals surface area contributed by atoms with Crippen molar-refractivity contribution >= 4 is 22.5 Å². The normalized spacial score (nSPS) is 10.1. The van der Waals surface area contributed by atoms with Crippen molar-refractivity contribution in [3.63, 3.8) is 0 Å². The predicted octanol–water partition coefficient (Wildman–Crippen LogP) is 3.07. The van der Waals surface area contributed by atoms with Gasteiger partial charge in [0, 0.05) is 5.39 Å². The number of rotatable bonds is 0. The quantitative estimate of drug-likeness (QED) is 0.616. The van der Waals surface area contributed by atoms with Crippen LogP contribution < -0.4 is 0 Å². The molecule has 0 aliphatic heterocycles. The van der Waals surface area contributed by atoms with Gasteiger partial charge < -0.3 is 0 Å². The van der Waals surface area contributed by atoms with Crippen LogP contribution in [0, 0.1) is 18.3 Å². The largest absolute Gasteiger partial charge is 0.235 e. The predicted molar refractivity (Wildman–Crippen MR) is 56.2 cm³/mol. The van der Waals surface area contributed by atoms with Gasteiger partial charge in [0.25, 0.3) is 0 Å². The molecule has 2 nitrogen and oxygen atoms in total. The Morgan fingerprint density at radius 3 is 2.86 bits per heavy atom. The molecule has 1 aromatic heterocycles. The molecule has 0 saturated carbocycles. The Morgan fingerprint density at radius 2 is 2.14 bits per heavy atom. The lowest BCUT2D eigenvalue weighted by Crippen LogP contribution is -1.85. The zero-order valence-corrected chi connectivity index (χ0v) is 8.34. The fourth-order valence-electron chi connectivity index (χ4n) is 1.33. The minimum Gasteiger partial charge on any atom is -0.235 e. The number of aromatic nitrogens is 1. The molecular formula is C11H7ClN2. The van der Waals surface area contributed by atoms with Crippen molar-refractivity contribution < 1.29 is 0 Å². The molecule has 0 bridgehead atoms. The molecule has 0 aliphatic carbocycles. The maximum atomic E-state index is 8.76. The van der Waals surface area contributed by atoms with Crippen LogP contribution in [0.2, 0.25) is 5.15 Å². The van der Waals surface area contributed by atoms with Gasteiger partial charge in [0.2, 0.25) is 0 Å². The van der Waals surface area contributed by atoms with Gasteiger partial charge in [0.15, 0.2) is 0 Å². The molecule has 1 heterocycles. The van der Waals surface area contributed by atoms with E-state index < -0.39 is 0 Å². The summed E-state index contributed by atoms with van der Waals surface area (Å²) in [5.74, 6) is 0. The SMILES string of the molecule is Cc1ccc2cc(C#N)c(Cl)nc2c1. The number of benzene rings is 1. The van der Waals surface area contributed by atoms with Gasteiger partial charge in [-0.2, -0.15) is 5.26 Å². The number of aryl methyl sites for hydroxylation is 1. The van der Waals surface area contributed by atoms with Gasteiger partial charge in [-0.05, 0) is 24.6 Å². The van der Waals surface area contributed by atoms with E-state index in [1.54, 1.807) is 6.07 Å². The van der Waals surface area contributed by atoms with Crippen LogP contribution in [-0.2, 0) is 0 Å². The van der Waals surface area contributed by atoms with Crippen LogP contribution in [0.25, 0.3) is 10.9 Å². The highest BCUT2D eigenvalue weighted by Crippen LogP contribution is 2.20. The summed E-state index contributed by atoms with van der Waals surface area (Å²) in [4.78, 5) is 4.15. The molecule has 0 amide bonds. The van der Waals surface area contributed by atoms with Gasteiger partial charge in [0.1, 0.15) is 11.2 Å². The molecule has 14 heavy (non-hydrogen) atoms. The van der Waals surface area contributed by atoms with Crippen LogP contribution >= 0.6 is 11.6 Å². The molecule has 3 heteroatoms. The minimum absolute atomic E-state index is 0.269. The Labute approximate surface area is 86.8 Å². The maximum Gasteiger partial charge on any atom is 0.147 e. The summed E-state index contributed by atoms with van der Waals surface area (Å²) in [6, 6.07) is 9.63. The third-order valence-corrected chi connectivity index (χ3v) is 2.34. The second kappa shape index (κ2) is 3.28.